The van der Waals surface area contributed by atoms with Gasteiger partial charge in [-0.25, -0.2) is 4.79 Å². The molecule has 3 fully saturated rings. The SMILES string of the molecule is CC[C@H]1OC(=O)[C@H](C)[C@@H](OC/C=C/c2ccc3[nH]ccc3c2)[C@H](C)[C@@H](O[C@@H]2O[C@H](C)C[C@H](N(C)C)[C@H]2OC(C)=O)[C@](C)(OC)C[C@@H](C)/C(=N\OCc2ccccc2Cl)[C@H](C)[C@H]2OC(=O)O[C@@]21C. The third kappa shape index (κ3) is 11.9. The van der Waals surface area contributed by atoms with Crippen molar-refractivity contribution in [1.29, 1.82) is 0 Å². The zero-order valence-corrected chi connectivity index (χ0v) is 41.7. The minimum atomic E-state index is -1.42. The van der Waals surface area contributed by atoms with Gasteiger partial charge in [0.05, 0.1) is 48.2 Å². The molecule has 2 aromatic carbocycles. The number of hydrogen-bond donors (Lipinski definition) is 1. The highest BCUT2D eigenvalue weighted by atomic mass is 35.5. The number of nitrogens with zero attached hydrogens (tertiary/aromatic N) is 2. The van der Waals surface area contributed by atoms with Gasteiger partial charge in [-0.1, -0.05) is 80.9 Å². The predicted octanol–water partition coefficient (Wildman–Crippen LogP) is 9.14. The van der Waals surface area contributed by atoms with Crippen LogP contribution in [0.2, 0.25) is 5.02 Å². The topological polar surface area (TPSA) is 166 Å². The highest BCUT2D eigenvalue weighted by Gasteiger charge is 2.59. The summed E-state index contributed by atoms with van der Waals surface area (Å²) in [5.74, 6) is -3.61. The monoisotopic (exact) mass is 951 g/mol. The van der Waals surface area contributed by atoms with Crippen molar-refractivity contribution in [3.63, 3.8) is 0 Å². The fourth-order valence-electron chi connectivity index (χ4n) is 10.3. The number of aromatic amines is 1. The summed E-state index contributed by atoms with van der Waals surface area (Å²) in [5.41, 5.74) is 0.668. The molecule has 0 bridgehead atoms. The molecule has 0 spiro atoms. The van der Waals surface area contributed by atoms with Crippen LogP contribution in [-0.2, 0) is 58.9 Å². The lowest BCUT2D eigenvalue weighted by atomic mass is 9.73. The van der Waals surface area contributed by atoms with E-state index >= 15 is 0 Å². The van der Waals surface area contributed by atoms with E-state index in [4.69, 9.17) is 59.5 Å². The maximum atomic E-state index is 14.7. The number of nitrogens with one attached hydrogen (secondary N) is 1. The van der Waals surface area contributed by atoms with E-state index in [1.807, 2.05) is 115 Å². The number of fused-ring (bicyclic) bond motifs is 2. The number of carbonyl (C=O) groups is 3. The van der Waals surface area contributed by atoms with E-state index < -0.39 is 89.8 Å². The first-order chi connectivity index (χ1) is 31.8. The van der Waals surface area contributed by atoms with Gasteiger partial charge in [0.25, 0.3) is 0 Å². The molecule has 3 aromatic rings. The molecule has 1 N–H and O–H groups in total. The number of esters is 2. The Bertz CT molecular complexity index is 2230. The van der Waals surface area contributed by atoms with Crippen LogP contribution in [0, 0.1) is 23.7 Å². The lowest BCUT2D eigenvalue weighted by molar-refractivity contribution is -0.304. The number of hydrogen-bond acceptors (Lipinski definition) is 14. The zero-order valence-electron chi connectivity index (χ0n) is 41.0. The van der Waals surface area contributed by atoms with Gasteiger partial charge in [-0.15, -0.1) is 0 Å². The van der Waals surface area contributed by atoms with Crippen molar-refractivity contribution in [2.75, 3.05) is 27.8 Å². The van der Waals surface area contributed by atoms with E-state index in [9.17, 15) is 14.4 Å². The van der Waals surface area contributed by atoms with E-state index in [1.165, 1.54) is 6.92 Å². The molecule has 6 rings (SSSR count). The molecule has 0 amide bonds. The Hall–Kier alpha value is -4.51. The lowest BCUT2D eigenvalue weighted by Crippen LogP contribution is -2.61. The summed E-state index contributed by atoms with van der Waals surface area (Å²) < 4.78 is 51.6. The van der Waals surface area contributed by atoms with Crippen molar-refractivity contribution < 1.29 is 57.1 Å². The van der Waals surface area contributed by atoms with Gasteiger partial charge in [-0.3, -0.25) is 9.59 Å². The van der Waals surface area contributed by atoms with Crippen molar-refractivity contribution in [1.82, 2.24) is 9.88 Å². The fraction of sp³-hybridized carbons (Fsp3) is 0.608. The number of cyclic esters (lactones) is 1. The number of ether oxygens (including phenoxy) is 8. The molecule has 0 saturated carbocycles. The minimum absolute atomic E-state index is 0.0637. The second kappa shape index (κ2) is 22.3. The molecule has 1 aromatic heterocycles. The second-order valence-corrected chi connectivity index (χ2v) is 19.5. The van der Waals surface area contributed by atoms with Crippen LogP contribution >= 0.6 is 11.6 Å². The number of halogens is 1. The molecule has 0 radical (unpaired) electrons. The van der Waals surface area contributed by atoms with Gasteiger partial charge in [-0.05, 0) is 96.3 Å². The summed E-state index contributed by atoms with van der Waals surface area (Å²) in [6.07, 6.45) is 0.290. The summed E-state index contributed by atoms with van der Waals surface area (Å²) in [7, 11) is 5.47. The van der Waals surface area contributed by atoms with Crippen molar-refractivity contribution in [3.05, 3.63) is 77.0 Å². The first kappa shape index (κ1) is 51.9. The van der Waals surface area contributed by atoms with Crippen LogP contribution in [0.15, 0.2) is 66.0 Å². The first-order valence-electron chi connectivity index (χ1n) is 23.4. The Balaban J connectivity index is 1.46. The van der Waals surface area contributed by atoms with E-state index in [0.29, 0.717) is 23.6 Å². The number of H-pyrrole nitrogens is 1. The number of aromatic nitrogens is 1. The molecule has 15 nitrogen and oxygen atoms in total. The first-order valence-corrected chi connectivity index (χ1v) is 23.8. The van der Waals surface area contributed by atoms with Crippen LogP contribution in [0.3, 0.4) is 0 Å². The molecule has 3 aliphatic rings. The Kier molecular flexibility index (Phi) is 17.3. The van der Waals surface area contributed by atoms with Crippen LogP contribution in [0.4, 0.5) is 4.79 Å². The molecule has 0 aliphatic carbocycles. The van der Waals surface area contributed by atoms with Crippen LogP contribution in [0.25, 0.3) is 17.0 Å². The Labute approximate surface area is 400 Å². The standard InChI is InChI=1S/C51H70ClN3O12/c1-13-41-51(9)46(66-49(58)67-51)31(4)42(54-61-28-37-18-14-15-19-38(37)52)29(2)27-50(8,59-12)45(65-48-44(63-34(7)56)40(55(10)11)25-30(3)62-48)32(5)43(33(6)47(57)64-41)60-24-16-17-35-20-21-39-36(26-35)22-23-53-39/h14-23,26,29-33,40-41,43-46,48,53H,13,24-25,27-28H2,1-12H3/b17-16+,54-42+/t29-,30-,31+,32+,33-,40+,41-,43+,44-,45-,46-,48+,50-,51-/m1/s1. The number of likely N-dealkylation sites (N-methyl/N-ethyl adjacent to an activating group) is 1. The molecule has 16 heteroatoms. The second-order valence-electron chi connectivity index (χ2n) is 19.1. The normalized spacial score (nSPS) is 34.9. The summed E-state index contributed by atoms with van der Waals surface area (Å²) in [5, 5.41) is 6.38. The van der Waals surface area contributed by atoms with E-state index in [2.05, 4.69) is 11.1 Å². The zero-order chi connectivity index (χ0) is 48.8. The summed E-state index contributed by atoms with van der Waals surface area (Å²) in [6.45, 7) is 16.6. The van der Waals surface area contributed by atoms with Gasteiger partial charge < -0.3 is 52.6 Å². The van der Waals surface area contributed by atoms with Gasteiger partial charge in [0.1, 0.15) is 12.7 Å². The van der Waals surface area contributed by atoms with Crippen LogP contribution < -0.4 is 0 Å². The lowest BCUT2D eigenvalue weighted by Gasteiger charge is -2.49. The van der Waals surface area contributed by atoms with Crippen molar-refractivity contribution >= 4 is 52.4 Å². The van der Waals surface area contributed by atoms with Gasteiger partial charge in [0, 0.05) is 54.1 Å². The molecular weight excluding hydrogens is 882 g/mol. The Morgan fingerprint density at radius 1 is 1.01 bits per heavy atom. The number of methoxy groups -OCH3 is 1. The van der Waals surface area contributed by atoms with E-state index in [1.54, 1.807) is 27.0 Å². The maximum absolute atomic E-state index is 14.7. The minimum Gasteiger partial charge on any atom is -0.458 e. The van der Waals surface area contributed by atoms with Crippen LogP contribution in [0.5, 0.6) is 0 Å². The van der Waals surface area contributed by atoms with E-state index in [0.717, 1.165) is 22.0 Å². The molecule has 4 heterocycles. The van der Waals surface area contributed by atoms with Crippen LogP contribution in [-0.4, -0.2) is 122 Å². The number of rotatable bonds is 13. The molecule has 3 saturated heterocycles. The predicted molar refractivity (Wildman–Crippen MR) is 254 cm³/mol. The summed E-state index contributed by atoms with van der Waals surface area (Å²) >= 11 is 6.52. The summed E-state index contributed by atoms with van der Waals surface area (Å²) in [6, 6.07) is 15.2. The van der Waals surface area contributed by atoms with Crippen molar-refractivity contribution in [2.24, 2.45) is 28.8 Å². The van der Waals surface area contributed by atoms with Gasteiger partial charge in [0.15, 0.2) is 24.1 Å². The Morgan fingerprint density at radius 2 is 1.76 bits per heavy atom. The van der Waals surface area contributed by atoms with Gasteiger partial charge >= 0.3 is 18.1 Å². The average molecular weight is 953 g/mol. The third-order valence-electron chi connectivity index (χ3n) is 13.9. The van der Waals surface area contributed by atoms with Gasteiger partial charge in [-0.2, -0.15) is 0 Å². The molecule has 3 aliphatic heterocycles. The van der Waals surface area contributed by atoms with E-state index in [-0.39, 0.29) is 31.8 Å². The highest BCUT2D eigenvalue weighted by Crippen LogP contribution is 2.43. The number of carbonyl (C=O) groups excluding carboxylic acids is 3. The third-order valence-corrected chi connectivity index (χ3v) is 14.2. The molecular formula is C51H70ClN3O12. The maximum Gasteiger partial charge on any atom is 0.509 e. The van der Waals surface area contributed by atoms with Crippen molar-refractivity contribution in [2.45, 2.75) is 148 Å². The quantitative estimate of drug-likeness (QED) is 0.0981. The smallest absolute Gasteiger partial charge is 0.458 e. The molecule has 368 valence electrons. The van der Waals surface area contributed by atoms with Gasteiger partial charge in [0.2, 0.25) is 0 Å². The number of oxime groups is 1. The van der Waals surface area contributed by atoms with Crippen molar-refractivity contribution in [3.8, 4) is 0 Å². The van der Waals surface area contributed by atoms with Crippen LogP contribution in [0.1, 0.15) is 92.7 Å². The fourth-order valence-corrected chi connectivity index (χ4v) is 10.5. The number of benzene rings is 2. The molecule has 0 unspecified atom stereocenters. The summed E-state index contributed by atoms with van der Waals surface area (Å²) in [4.78, 5) is 52.0. The largest absolute Gasteiger partial charge is 0.509 e. The molecule has 67 heavy (non-hydrogen) atoms. The average Bonchev–Trinajstić information content (AvgIpc) is 3.88. The Morgan fingerprint density at radius 3 is 2.45 bits per heavy atom. The molecule has 14 atom stereocenters. The highest BCUT2D eigenvalue weighted by molar-refractivity contribution is 6.31.